The van der Waals surface area contributed by atoms with Gasteiger partial charge in [0.25, 0.3) is 5.91 Å². The molecule has 19 heteroatoms. The van der Waals surface area contributed by atoms with Crippen molar-refractivity contribution in [3.05, 3.63) is 158 Å². The Morgan fingerprint density at radius 1 is 0.860 bits per heavy atom. The predicted molar refractivity (Wildman–Crippen MR) is 337 cm³/mol. The van der Waals surface area contributed by atoms with Crippen molar-refractivity contribution in [2.45, 2.75) is 135 Å². The first kappa shape index (κ1) is 61.6. The van der Waals surface area contributed by atoms with Gasteiger partial charge < -0.3 is 30.5 Å². The average molecular weight is 1210 g/mol. The van der Waals surface area contributed by atoms with Crippen LogP contribution in [-0.4, -0.2) is 118 Å². The first-order valence-electron chi connectivity index (χ1n) is 30.3. The summed E-state index contributed by atoms with van der Waals surface area (Å²) in [6.07, 6.45) is 9.40. The highest BCUT2D eigenvalue weighted by atomic mass is 35.5. The molecule has 6 aromatic rings. The molecule has 86 heavy (non-hydrogen) atoms. The Labute approximate surface area is 515 Å². The number of fused-ring (bicyclic) bond motifs is 8. The third-order valence-corrected chi connectivity index (χ3v) is 18.5. The Hall–Kier alpha value is -7.52. The quantitative estimate of drug-likeness (QED) is 0.0834. The van der Waals surface area contributed by atoms with E-state index < -0.39 is 16.9 Å². The zero-order valence-corrected chi connectivity index (χ0v) is 52.1. The number of nitrogen functional groups attached to an aromatic ring is 1. The number of nitrogens with zero attached hydrogens (tertiary/aromatic N) is 10. The second-order valence-corrected chi connectivity index (χ2v) is 25.4. The second-order valence-electron chi connectivity index (χ2n) is 24.5. The number of hydrogen-bond donors (Lipinski definition) is 2. The SMILES string of the molecule is CCOc1cc(C(C)(C)C)ccc1C1=N[C@@](C)(c2ccc(Cl)cc2)[C@@](C)(c2ccc(Cl)cc2)N1C(=O)N1CCN(CCCCCCCCC(=O)NCCn2nc3c(c2C#N)-c2cnc(N)c(c2)N2CCC[C@@H]2c2cc(F)ccc2C(=O)N(C)C3)CC1. The number of anilines is 2. The third-order valence-electron chi connectivity index (χ3n) is 18.0. The van der Waals surface area contributed by atoms with Crippen LogP contribution in [0.4, 0.5) is 20.7 Å². The van der Waals surface area contributed by atoms with Crippen LogP contribution in [0.25, 0.3) is 11.1 Å². The van der Waals surface area contributed by atoms with E-state index in [0.717, 1.165) is 86.8 Å². The van der Waals surface area contributed by atoms with E-state index >= 15 is 4.79 Å². The first-order chi connectivity index (χ1) is 41.2. The summed E-state index contributed by atoms with van der Waals surface area (Å²) < 4.78 is 22.8. The van der Waals surface area contributed by atoms with Gasteiger partial charge in [0, 0.05) is 85.7 Å². The lowest BCUT2D eigenvalue weighted by Gasteiger charge is -2.47. The topological polar surface area (TPSA) is 182 Å². The third kappa shape index (κ3) is 12.4. The normalized spacial score (nSPS) is 19.7. The number of nitrogens with one attached hydrogen (secondary N) is 1. The number of piperazine rings is 1. The van der Waals surface area contributed by atoms with Crippen LogP contribution in [-0.2, 0) is 34.4 Å². The maximum Gasteiger partial charge on any atom is 0.326 e. The van der Waals surface area contributed by atoms with Crippen LogP contribution in [0.15, 0.2) is 102 Å². The zero-order valence-electron chi connectivity index (χ0n) is 50.6. The van der Waals surface area contributed by atoms with Crippen molar-refractivity contribution in [3.8, 4) is 22.9 Å². The van der Waals surface area contributed by atoms with Gasteiger partial charge in [0.1, 0.15) is 46.1 Å². The van der Waals surface area contributed by atoms with Gasteiger partial charge in [-0.2, -0.15) is 10.4 Å². The number of hydrogen-bond acceptors (Lipinski definition) is 11. The molecule has 6 heterocycles. The molecule has 0 unspecified atom stereocenters. The molecule has 4 aromatic carbocycles. The van der Waals surface area contributed by atoms with Crippen LogP contribution in [0.1, 0.15) is 155 Å². The largest absolute Gasteiger partial charge is 0.493 e. The van der Waals surface area contributed by atoms with Crippen LogP contribution in [0.3, 0.4) is 0 Å². The number of unbranched alkanes of at least 4 members (excludes halogenated alkanes) is 5. The molecule has 3 atom stereocenters. The molecule has 2 aromatic heterocycles. The molecular weight excluding hydrogens is 1130 g/mol. The van der Waals surface area contributed by atoms with E-state index in [-0.39, 0.29) is 54.6 Å². The summed E-state index contributed by atoms with van der Waals surface area (Å²) in [6.45, 7) is 17.9. The number of nitrogens with two attached hydrogens (primary N) is 1. The fourth-order valence-electron chi connectivity index (χ4n) is 13.0. The molecule has 2 saturated heterocycles. The number of aliphatic imine (C=N–C) groups is 1. The number of urea groups is 1. The molecule has 4 amide bonds. The molecule has 16 nitrogen and oxygen atoms in total. The van der Waals surface area contributed by atoms with Crippen molar-refractivity contribution in [3.63, 3.8) is 0 Å². The molecule has 2 fully saturated rings. The highest BCUT2D eigenvalue weighted by Crippen LogP contribution is 2.54. The molecule has 4 aliphatic rings. The molecule has 0 spiro atoms. The molecule has 3 N–H and O–H groups in total. The van der Waals surface area contributed by atoms with E-state index in [1.165, 1.54) is 18.2 Å². The molecule has 0 radical (unpaired) electrons. The van der Waals surface area contributed by atoms with Gasteiger partial charge in [0.2, 0.25) is 5.91 Å². The molecule has 0 saturated carbocycles. The van der Waals surface area contributed by atoms with Gasteiger partial charge in [0.15, 0.2) is 0 Å². The summed E-state index contributed by atoms with van der Waals surface area (Å²) in [7, 11) is 1.68. The summed E-state index contributed by atoms with van der Waals surface area (Å²) in [5, 5.41) is 19.7. The lowest BCUT2D eigenvalue weighted by molar-refractivity contribution is -0.121. The van der Waals surface area contributed by atoms with Gasteiger partial charge in [-0.05, 0) is 141 Å². The second kappa shape index (κ2) is 25.8. The Morgan fingerprint density at radius 2 is 1.53 bits per heavy atom. The number of nitriles is 1. The van der Waals surface area contributed by atoms with Crippen molar-refractivity contribution in [1.82, 2.24) is 39.7 Å². The Balaban J connectivity index is 0.721. The van der Waals surface area contributed by atoms with E-state index in [1.54, 1.807) is 22.8 Å². The van der Waals surface area contributed by atoms with Gasteiger partial charge in [-0.1, -0.05) is 100.0 Å². The van der Waals surface area contributed by atoms with Crippen molar-refractivity contribution in [1.29, 1.82) is 5.26 Å². The smallest absolute Gasteiger partial charge is 0.326 e. The summed E-state index contributed by atoms with van der Waals surface area (Å²) in [5.41, 5.74) is 11.7. The highest BCUT2D eigenvalue weighted by Gasteiger charge is 2.60. The maximum atomic E-state index is 15.6. The van der Waals surface area contributed by atoms with Crippen molar-refractivity contribution < 1.29 is 23.5 Å². The van der Waals surface area contributed by atoms with Gasteiger partial charge in [-0.15, -0.1) is 0 Å². The van der Waals surface area contributed by atoms with Crippen LogP contribution in [0.2, 0.25) is 10.0 Å². The van der Waals surface area contributed by atoms with Gasteiger partial charge in [0.05, 0.1) is 42.7 Å². The summed E-state index contributed by atoms with van der Waals surface area (Å²) in [4.78, 5) is 62.9. The first-order valence-corrected chi connectivity index (χ1v) is 31.0. The van der Waals surface area contributed by atoms with Gasteiger partial charge in [-0.3, -0.25) is 29.1 Å². The summed E-state index contributed by atoms with van der Waals surface area (Å²) in [5.74, 6) is 0.745. The minimum Gasteiger partial charge on any atom is -0.493 e. The van der Waals surface area contributed by atoms with Crippen LogP contribution in [0.5, 0.6) is 5.75 Å². The highest BCUT2D eigenvalue weighted by molar-refractivity contribution is 6.30. The van der Waals surface area contributed by atoms with Crippen molar-refractivity contribution in [2.24, 2.45) is 4.99 Å². The number of carbonyl (C=O) groups is 3. The number of amides is 4. The summed E-state index contributed by atoms with van der Waals surface area (Å²) >= 11 is 13.0. The number of aromatic nitrogens is 3. The minimum absolute atomic E-state index is 0.0662. The molecule has 452 valence electrons. The molecule has 10 rings (SSSR count). The lowest BCUT2D eigenvalue weighted by atomic mass is 9.71. The van der Waals surface area contributed by atoms with Gasteiger partial charge >= 0.3 is 6.03 Å². The fraction of sp³-hybridized carbons (Fsp3) is 0.448. The van der Waals surface area contributed by atoms with E-state index in [0.29, 0.717) is 100 Å². The molecular formula is C67H79Cl2FN12O4. The number of ether oxygens (including phenoxy) is 1. The molecule has 2 bridgehead atoms. The van der Waals surface area contributed by atoms with E-state index in [4.69, 9.17) is 43.8 Å². The number of benzene rings is 4. The lowest BCUT2D eigenvalue weighted by Crippen LogP contribution is -2.60. The van der Waals surface area contributed by atoms with E-state index in [1.807, 2.05) is 71.3 Å². The van der Waals surface area contributed by atoms with Crippen molar-refractivity contribution >= 4 is 58.4 Å². The summed E-state index contributed by atoms with van der Waals surface area (Å²) in [6, 6.07) is 29.9. The standard InChI is InChI=1S/C67H79Cl2FN12O4/c1-8-86-58-39-47(65(2,3)4)22-28-52(58)62-75-66(5,45-18-23-48(68)24-19-45)67(6,46-20-25-49(69)26-21-46)82(62)64(85)79-36-34-78(35-37-79)31-14-12-10-9-11-13-17-59(83)73-30-33-81-57(41-71)60-44-38-56(61(72)74-42-44)80-32-15-16-55(80)53-40-50(70)27-29-51(53)63(84)77(7)43-54(60)76-81/h18-29,38-40,42,55H,8-17,30-37,43H2,1-7H3,(H2,72,74)(H,73,83)/t55-,66+,67-/m1/s1. The molecule has 4 aliphatic heterocycles. The monoisotopic (exact) mass is 1200 g/mol. The van der Waals surface area contributed by atoms with E-state index in [2.05, 4.69) is 79.0 Å². The zero-order chi connectivity index (χ0) is 61.1. The number of amidine groups is 1. The van der Waals surface area contributed by atoms with Crippen LogP contribution in [0, 0.1) is 17.1 Å². The number of pyridine rings is 1. The van der Waals surface area contributed by atoms with Gasteiger partial charge in [-0.25, -0.2) is 14.2 Å². The van der Waals surface area contributed by atoms with Crippen LogP contribution < -0.4 is 20.7 Å². The average Bonchev–Trinajstić information content (AvgIpc) is 1.60. The Bertz CT molecular complexity index is 3550. The Morgan fingerprint density at radius 3 is 2.22 bits per heavy atom. The molecule has 0 aliphatic carbocycles. The van der Waals surface area contributed by atoms with E-state index in [9.17, 15) is 19.2 Å². The maximum absolute atomic E-state index is 15.6. The fourth-order valence-corrected chi connectivity index (χ4v) is 13.2. The minimum atomic E-state index is -1.01. The predicted octanol–water partition coefficient (Wildman–Crippen LogP) is 12.6. The number of rotatable bonds is 17. The number of halogens is 3. The number of carbonyl (C=O) groups excluding carboxylic acids is 3. The Kier molecular flexibility index (Phi) is 18.5. The van der Waals surface area contributed by atoms with Crippen molar-refractivity contribution in [2.75, 3.05) is 70.1 Å². The van der Waals surface area contributed by atoms with Crippen LogP contribution >= 0.6 is 23.2 Å².